The van der Waals surface area contributed by atoms with Crippen LogP contribution in [0.15, 0.2) is 89.9 Å². The van der Waals surface area contributed by atoms with Gasteiger partial charge in [-0.05, 0) is 68.7 Å². The van der Waals surface area contributed by atoms with Crippen molar-refractivity contribution >= 4 is 20.3 Å². The molecule has 0 radical (unpaired) electrons. The molecule has 5 rings (SSSR count). The van der Waals surface area contributed by atoms with Crippen molar-refractivity contribution in [3.8, 4) is 17.6 Å². The Kier molecular flexibility index (Phi) is 15.3. The van der Waals surface area contributed by atoms with Gasteiger partial charge >= 0.3 is 11.9 Å². The Labute approximate surface area is 342 Å². The Bertz CT molecular complexity index is 2040. The maximum atomic E-state index is 14.4. The smallest absolute Gasteiger partial charge is 0.421 e. The largest absolute Gasteiger partial charge is 0.497 e. The first-order valence-electron chi connectivity index (χ1n) is 19.0. The molecule has 2 heterocycles. The molecule has 1 amide bonds. The van der Waals surface area contributed by atoms with E-state index in [1.165, 1.54) is 0 Å². The molecule has 1 aromatic heterocycles. The molecule has 17 heteroatoms. The maximum absolute atomic E-state index is 14.4. The van der Waals surface area contributed by atoms with Gasteiger partial charge in [-0.25, -0.2) is 9.46 Å². The summed E-state index contributed by atoms with van der Waals surface area (Å²) in [5.41, 5.74) is -1.52. The minimum absolute atomic E-state index is 0.0608. The lowest BCUT2D eigenvalue weighted by atomic mass is 9.80. The topological polar surface area (TPSA) is 146 Å². The highest BCUT2D eigenvalue weighted by Crippen LogP contribution is 2.51. The van der Waals surface area contributed by atoms with Gasteiger partial charge in [-0.15, -0.1) is 0 Å². The average Bonchev–Trinajstić information content (AvgIpc) is 3.59. The molecule has 316 valence electrons. The van der Waals surface area contributed by atoms with Gasteiger partial charge in [0.2, 0.25) is 5.91 Å². The Balaban J connectivity index is 1.64. The van der Waals surface area contributed by atoms with E-state index in [0.717, 1.165) is 28.2 Å². The quantitative estimate of drug-likeness (QED) is 0.0588. The molecule has 1 aliphatic heterocycles. The third kappa shape index (κ3) is 10.7. The van der Waals surface area contributed by atoms with Crippen LogP contribution in [-0.4, -0.2) is 71.9 Å². The predicted molar refractivity (Wildman–Crippen MR) is 215 cm³/mol. The number of nitriles is 1. The molecule has 4 aromatic rings. The predicted octanol–water partition coefficient (Wildman–Crippen LogP) is 8.20. The number of aromatic nitrogens is 2. The second-order valence-electron chi connectivity index (χ2n) is 14.2. The van der Waals surface area contributed by atoms with Gasteiger partial charge in [0.15, 0.2) is 5.82 Å². The fourth-order valence-electron chi connectivity index (χ4n) is 6.97. The number of alkyl halides is 3. The minimum Gasteiger partial charge on any atom is -0.497 e. The van der Waals surface area contributed by atoms with E-state index in [1.54, 1.807) is 14.2 Å². The number of methoxy groups -OCH3 is 2. The van der Waals surface area contributed by atoms with Gasteiger partial charge < -0.3 is 33.3 Å². The van der Waals surface area contributed by atoms with Crippen LogP contribution in [0.3, 0.4) is 0 Å². The first-order valence-corrected chi connectivity index (χ1v) is 20.1. The summed E-state index contributed by atoms with van der Waals surface area (Å²) in [4.78, 5) is 28.9. The summed E-state index contributed by atoms with van der Waals surface area (Å²) in [5, 5.41) is 11.3. The molecule has 1 unspecified atom stereocenters. The van der Waals surface area contributed by atoms with E-state index >= 15 is 0 Å². The fraction of sp³-hybridized carbons (Fsp3) is 0.429. The van der Waals surface area contributed by atoms with Crippen molar-refractivity contribution in [2.75, 3.05) is 32.8 Å². The maximum Gasteiger partial charge on any atom is 0.421 e. The van der Waals surface area contributed by atoms with E-state index in [-0.39, 0.29) is 38.1 Å². The number of carbonyl (C=O) groups excluding carboxylic acids is 1. The number of rotatable bonds is 18. The van der Waals surface area contributed by atoms with Crippen molar-refractivity contribution in [1.29, 1.82) is 5.26 Å². The van der Waals surface area contributed by atoms with Crippen molar-refractivity contribution in [1.82, 2.24) is 14.2 Å². The Hall–Kier alpha value is -4.88. The molecule has 0 bridgehead atoms. The molecule has 1 fully saturated rings. The SMILES string of the molecule is COc1ccc(C(OC[C@H]2O[C@@H](n3cc(C(F)(F)F)c(NC(C)=O)nc3=O)C[C@@H]2OP(OCCC#N)N(C(C)C)C(C)C)(c2ccccc2)c2ccc(OC)cc2)cc1. The van der Waals surface area contributed by atoms with Crippen LogP contribution < -0.4 is 20.5 Å². The summed E-state index contributed by atoms with van der Waals surface area (Å²) >= 11 is 0. The Morgan fingerprint density at radius 3 is 2.02 bits per heavy atom. The van der Waals surface area contributed by atoms with Crippen LogP contribution in [0.1, 0.15) is 75.9 Å². The summed E-state index contributed by atoms with van der Waals surface area (Å²) in [5.74, 6) is -0.509. The van der Waals surface area contributed by atoms with E-state index in [9.17, 15) is 28.0 Å². The van der Waals surface area contributed by atoms with Crippen molar-refractivity contribution in [3.05, 3.63) is 118 Å². The third-order valence-electron chi connectivity index (χ3n) is 9.57. The number of anilines is 1. The third-order valence-corrected chi connectivity index (χ3v) is 11.7. The van der Waals surface area contributed by atoms with Crippen LogP contribution in [0.2, 0.25) is 0 Å². The van der Waals surface area contributed by atoms with Crippen LogP contribution >= 0.6 is 8.53 Å². The van der Waals surface area contributed by atoms with E-state index in [1.807, 2.05) is 117 Å². The lowest BCUT2D eigenvalue weighted by Gasteiger charge is -2.39. The lowest BCUT2D eigenvalue weighted by molar-refractivity contribution is -0.138. The van der Waals surface area contributed by atoms with Gasteiger partial charge in [-0.1, -0.05) is 54.6 Å². The van der Waals surface area contributed by atoms with Crippen LogP contribution in [0.4, 0.5) is 19.0 Å². The second kappa shape index (κ2) is 19.9. The highest BCUT2D eigenvalue weighted by atomic mass is 31.2. The lowest BCUT2D eigenvalue weighted by Crippen LogP contribution is -2.39. The molecule has 13 nitrogen and oxygen atoms in total. The zero-order valence-electron chi connectivity index (χ0n) is 33.9. The molecular weight excluding hydrogens is 790 g/mol. The summed E-state index contributed by atoms with van der Waals surface area (Å²) < 4.78 is 83.5. The number of hydrogen-bond donors (Lipinski definition) is 1. The van der Waals surface area contributed by atoms with Crippen LogP contribution in [0, 0.1) is 11.3 Å². The van der Waals surface area contributed by atoms with Crippen LogP contribution in [0.25, 0.3) is 0 Å². The van der Waals surface area contributed by atoms with E-state index < -0.39 is 61.7 Å². The highest BCUT2D eigenvalue weighted by Gasteiger charge is 2.46. The highest BCUT2D eigenvalue weighted by molar-refractivity contribution is 7.44. The molecule has 1 aliphatic rings. The number of carbonyl (C=O) groups is 1. The van der Waals surface area contributed by atoms with Gasteiger partial charge in [-0.2, -0.15) is 23.4 Å². The first-order chi connectivity index (χ1) is 28.1. The zero-order chi connectivity index (χ0) is 42.9. The number of benzene rings is 3. The Morgan fingerprint density at radius 1 is 0.966 bits per heavy atom. The standard InChI is InChI=1S/C42H49F3N5O8P/c1-27(2)50(28(3)4)59(56-23-11-22-46)58-36-24-38(49-25-35(42(43,44)45)39(47-29(5)51)48-40(49)52)57-37(36)26-55-41(30-12-9-8-10-13-30,31-14-18-33(53-6)19-15-31)32-16-20-34(54-7)21-17-32/h8-10,12-21,25,27-28,36-38H,11,23-24,26H2,1-7H3,(H,47,48,51,52)/t36-,37+,38+,59?/m0/s1. The van der Waals surface area contributed by atoms with Crippen molar-refractivity contribution in [3.63, 3.8) is 0 Å². The molecule has 0 aliphatic carbocycles. The summed E-state index contributed by atoms with van der Waals surface area (Å²) in [6.07, 6.45) is -7.63. The Morgan fingerprint density at radius 2 is 1.53 bits per heavy atom. The average molecular weight is 840 g/mol. The first kappa shape index (κ1) is 45.2. The summed E-state index contributed by atoms with van der Waals surface area (Å²) in [7, 11) is 1.25. The molecule has 0 spiro atoms. The van der Waals surface area contributed by atoms with E-state index in [2.05, 4.69) is 11.1 Å². The zero-order valence-corrected chi connectivity index (χ0v) is 34.8. The molecule has 0 saturated carbocycles. The monoisotopic (exact) mass is 839 g/mol. The molecule has 1 saturated heterocycles. The van der Waals surface area contributed by atoms with Crippen LogP contribution in [0.5, 0.6) is 11.5 Å². The van der Waals surface area contributed by atoms with E-state index in [4.69, 9.17) is 28.0 Å². The van der Waals surface area contributed by atoms with Gasteiger partial charge in [0, 0.05) is 31.6 Å². The molecule has 4 atom stereocenters. The van der Waals surface area contributed by atoms with Gasteiger partial charge in [0.05, 0.1) is 46.0 Å². The number of ether oxygens (including phenoxy) is 4. The molecular formula is C42H49F3N5O8P. The number of amides is 1. The van der Waals surface area contributed by atoms with Crippen LogP contribution in [-0.2, 0) is 35.1 Å². The number of nitrogens with one attached hydrogen (secondary N) is 1. The normalized spacial score (nSPS) is 17.6. The van der Waals surface area contributed by atoms with Gasteiger partial charge in [0.25, 0.3) is 8.53 Å². The fourth-order valence-corrected chi connectivity index (χ4v) is 8.73. The van der Waals surface area contributed by atoms with Crippen molar-refractivity contribution in [2.45, 2.75) is 89.8 Å². The van der Waals surface area contributed by atoms with Gasteiger partial charge in [-0.3, -0.25) is 9.36 Å². The van der Waals surface area contributed by atoms with Crippen molar-refractivity contribution in [2.24, 2.45) is 0 Å². The number of nitrogens with zero attached hydrogens (tertiary/aromatic N) is 4. The van der Waals surface area contributed by atoms with Crippen molar-refractivity contribution < 1.29 is 46.0 Å². The molecule has 3 aromatic carbocycles. The second-order valence-corrected chi connectivity index (χ2v) is 15.6. The summed E-state index contributed by atoms with van der Waals surface area (Å²) in [6.45, 7) is 8.77. The number of hydrogen-bond acceptors (Lipinski definition) is 11. The summed E-state index contributed by atoms with van der Waals surface area (Å²) in [6, 6.07) is 26.2. The minimum atomic E-state index is -4.98. The molecule has 1 N–H and O–H groups in total. The number of halogens is 3. The van der Waals surface area contributed by atoms with Gasteiger partial charge in [0.1, 0.15) is 35.0 Å². The molecule has 59 heavy (non-hydrogen) atoms. The van der Waals surface area contributed by atoms with E-state index in [0.29, 0.717) is 17.7 Å².